The zero-order valence-electron chi connectivity index (χ0n) is 13.0. The number of benzene rings is 1. The van der Waals surface area contributed by atoms with Gasteiger partial charge in [0.1, 0.15) is 0 Å². The number of hydrogen-bond acceptors (Lipinski definition) is 2. The molecule has 2 rings (SSSR count). The summed E-state index contributed by atoms with van der Waals surface area (Å²) >= 11 is 6.16. The van der Waals surface area contributed by atoms with Gasteiger partial charge in [-0.2, -0.15) is 5.10 Å². The molecule has 0 saturated carbocycles. The highest BCUT2D eigenvalue weighted by molar-refractivity contribution is 6.31. The van der Waals surface area contributed by atoms with Crippen molar-refractivity contribution in [1.29, 1.82) is 0 Å². The molecule has 118 valence electrons. The molecule has 0 amide bonds. The molecule has 5 nitrogen and oxygen atoms in total. The Kier molecular flexibility index (Phi) is 6.27. The maximum absolute atomic E-state index is 6.16. The molecular formula is C16H22ClN5. The summed E-state index contributed by atoms with van der Waals surface area (Å²) in [7, 11) is 1.92. The normalized spacial score (nSPS) is 11.5. The van der Waals surface area contributed by atoms with Crippen LogP contribution in [0.15, 0.2) is 41.5 Å². The summed E-state index contributed by atoms with van der Waals surface area (Å²) in [6.45, 7) is 4.25. The van der Waals surface area contributed by atoms with E-state index >= 15 is 0 Å². The van der Waals surface area contributed by atoms with Gasteiger partial charge in [0.05, 0.1) is 12.2 Å². The van der Waals surface area contributed by atoms with Crippen molar-refractivity contribution in [2.45, 2.75) is 19.9 Å². The van der Waals surface area contributed by atoms with E-state index in [-0.39, 0.29) is 0 Å². The quantitative estimate of drug-likeness (QED) is 0.635. The molecule has 0 unspecified atom stereocenters. The molecule has 0 spiro atoms. The summed E-state index contributed by atoms with van der Waals surface area (Å²) in [5.74, 6) is 0.802. The number of halogens is 1. The van der Waals surface area contributed by atoms with Gasteiger partial charge < -0.3 is 10.6 Å². The number of nitrogens with zero attached hydrogens (tertiary/aromatic N) is 3. The fraction of sp³-hybridized carbons (Fsp3) is 0.375. The summed E-state index contributed by atoms with van der Waals surface area (Å²) in [5, 5.41) is 11.5. The standard InChI is InChI=1S/C16H22ClN5/c1-3-18-16(20-12-14-9-11-21-22(14)2)19-10-8-13-6-4-5-7-15(13)17/h4-7,9,11H,3,8,10,12H2,1-2H3,(H2,18,19,20). The molecule has 22 heavy (non-hydrogen) atoms. The molecule has 0 aliphatic rings. The van der Waals surface area contributed by atoms with Crippen molar-refractivity contribution >= 4 is 17.6 Å². The molecule has 1 heterocycles. The molecule has 2 N–H and O–H groups in total. The van der Waals surface area contributed by atoms with Crippen LogP contribution in [0, 0.1) is 0 Å². The monoisotopic (exact) mass is 319 g/mol. The summed E-state index contributed by atoms with van der Waals surface area (Å²) in [4.78, 5) is 4.57. The second-order valence-electron chi connectivity index (χ2n) is 4.91. The van der Waals surface area contributed by atoms with Gasteiger partial charge in [-0.25, -0.2) is 4.99 Å². The van der Waals surface area contributed by atoms with E-state index in [1.54, 1.807) is 6.20 Å². The molecule has 1 aromatic carbocycles. The molecule has 0 fully saturated rings. The maximum atomic E-state index is 6.16. The largest absolute Gasteiger partial charge is 0.357 e. The third kappa shape index (κ3) is 4.77. The minimum Gasteiger partial charge on any atom is -0.357 e. The number of aryl methyl sites for hydroxylation is 1. The van der Waals surface area contributed by atoms with Gasteiger partial charge in [-0.1, -0.05) is 29.8 Å². The Bertz CT molecular complexity index is 621. The van der Waals surface area contributed by atoms with E-state index in [2.05, 4.69) is 27.6 Å². The fourth-order valence-electron chi connectivity index (χ4n) is 2.07. The van der Waals surface area contributed by atoms with E-state index in [4.69, 9.17) is 11.6 Å². The fourth-order valence-corrected chi connectivity index (χ4v) is 2.31. The topological polar surface area (TPSA) is 54.2 Å². The average molecular weight is 320 g/mol. The first-order valence-corrected chi connectivity index (χ1v) is 7.81. The van der Waals surface area contributed by atoms with E-state index in [0.717, 1.165) is 41.7 Å². The van der Waals surface area contributed by atoms with Crippen molar-refractivity contribution in [1.82, 2.24) is 20.4 Å². The van der Waals surface area contributed by atoms with Crippen molar-refractivity contribution < 1.29 is 0 Å². The predicted molar refractivity (Wildman–Crippen MR) is 91.2 cm³/mol. The van der Waals surface area contributed by atoms with Gasteiger partial charge in [0.15, 0.2) is 5.96 Å². The molecule has 0 aliphatic carbocycles. The highest BCUT2D eigenvalue weighted by atomic mass is 35.5. The van der Waals surface area contributed by atoms with Gasteiger partial charge >= 0.3 is 0 Å². The van der Waals surface area contributed by atoms with Crippen LogP contribution < -0.4 is 10.6 Å². The molecule has 6 heteroatoms. The van der Waals surface area contributed by atoms with Crippen LogP contribution in [0.2, 0.25) is 5.02 Å². The van der Waals surface area contributed by atoms with Crippen LogP contribution in [0.25, 0.3) is 0 Å². The van der Waals surface area contributed by atoms with Gasteiger partial charge in [0.25, 0.3) is 0 Å². The smallest absolute Gasteiger partial charge is 0.191 e. The molecule has 0 saturated heterocycles. The Balaban J connectivity index is 1.89. The molecule has 0 atom stereocenters. The first kappa shape index (κ1) is 16.4. The SMILES string of the molecule is CCNC(=NCc1ccnn1C)NCCc1ccccc1Cl. The van der Waals surface area contributed by atoms with Gasteiger partial charge in [0, 0.05) is 31.4 Å². The van der Waals surface area contributed by atoms with E-state index in [1.807, 2.05) is 42.1 Å². The third-order valence-electron chi connectivity index (χ3n) is 3.31. The number of aliphatic imine (C=N–C) groups is 1. The summed E-state index contributed by atoms with van der Waals surface area (Å²) in [6.07, 6.45) is 2.64. The number of rotatable bonds is 6. The second-order valence-corrected chi connectivity index (χ2v) is 5.32. The lowest BCUT2D eigenvalue weighted by Gasteiger charge is -2.12. The zero-order chi connectivity index (χ0) is 15.8. The van der Waals surface area contributed by atoms with Crippen LogP contribution in [0.3, 0.4) is 0 Å². The maximum Gasteiger partial charge on any atom is 0.191 e. The van der Waals surface area contributed by atoms with Crippen molar-refractivity contribution in [3.05, 3.63) is 52.8 Å². The number of guanidine groups is 1. The van der Waals surface area contributed by atoms with Crippen LogP contribution in [0.5, 0.6) is 0 Å². The Labute approximate surface area is 136 Å². The number of hydrogen-bond donors (Lipinski definition) is 2. The number of nitrogens with one attached hydrogen (secondary N) is 2. The molecule has 0 aliphatic heterocycles. The first-order chi connectivity index (χ1) is 10.7. The van der Waals surface area contributed by atoms with Gasteiger partial charge in [-0.3, -0.25) is 4.68 Å². The minimum atomic E-state index is 0.595. The van der Waals surface area contributed by atoms with Crippen LogP contribution >= 0.6 is 11.6 Å². The van der Waals surface area contributed by atoms with Crippen LogP contribution in [-0.2, 0) is 20.0 Å². The summed E-state index contributed by atoms with van der Waals surface area (Å²) < 4.78 is 1.83. The molecular weight excluding hydrogens is 298 g/mol. The van der Waals surface area contributed by atoms with E-state index in [9.17, 15) is 0 Å². The zero-order valence-corrected chi connectivity index (χ0v) is 13.8. The molecule has 0 radical (unpaired) electrons. The Morgan fingerprint density at radius 3 is 2.77 bits per heavy atom. The lowest BCUT2D eigenvalue weighted by atomic mass is 10.1. The van der Waals surface area contributed by atoms with Crippen LogP contribution in [0.1, 0.15) is 18.2 Å². The lowest BCUT2D eigenvalue weighted by Crippen LogP contribution is -2.38. The molecule has 0 bridgehead atoms. The van der Waals surface area contributed by atoms with Crippen molar-refractivity contribution in [3.8, 4) is 0 Å². The van der Waals surface area contributed by atoms with Crippen molar-refractivity contribution in [2.24, 2.45) is 12.0 Å². The van der Waals surface area contributed by atoms with Crippen molar-refractivity contribution in [3.63, 3.8) is 0 Å². The van der Waals surface area contributed by atoms with E-state index in [0.29, 0.717) is 6.54 Å². The van der Waals surface area contributed by atoms with Crippen LogP contribution in [0.4, 0.5) is 0 Å². The summed E-state index contributed by atoms with van der Waals surface area (Å²) in [5.41, 5.74) is 2.21. The van der Waals surface area contributed by atoms with Crippen LogP contribution in [-0.4, -0.2) is 28.8 Å². The average Bonchev–Trinajstić information content (AvgIpc) is 2.92. The predicted octanol–water partition coefficient (Wildman–Crippen LogP) is 2.37. The van der Waals surface area contributed by atoms with Gasteiger partial charge in [-0.15, -0.1) is 0 Å². The minimum absolute atomic E-state index is 0.595. The van der Waals surface area contributed by atoms with Gasteiger partial charge in [-0.05, 0) is 31.0 Å². The van der Waals surface area contributed by atoms with Crippen molar-refractivity contribution in [2.75, 3.05) is 13.1 Å². The highest BCUT2D eigenvalue weighted by Crippen LogP contribution is 2.14. The lowest BCUT2D eigenvalue weighted by molar-refractivity contribution is 0.707. The second kappa shape index (κ2) is 8.44. The molecule has 1 aromatic heterocycles. The molecule has 2 aromatic rings. The third-order valence-corrected chi connectivity index (χ3v) is 3.68. The Morgan fingerprint density at radius 2 is 2.09 bits per heavy atom. The first-order valence-electron chi connectivity index (χ1n) is 7.43. The Hall–Kier alpha value is -2.01. The number of aromatic nitrogens is 2. The van der Waals surface area contributed by atoms with E-state index < -0.39 is 0 Å². The summed E-state index contributed by atoms with van der Waals surface area (Å²) in [6, 6.07) is 9.88. The van der Waals surface area contributed by atoms with Gasteiger partial charge in [0.2, 0.25) is 0 Å². The highest BCUT2D eigenvalue weighted by Gasteiger charge is 2.02. The van der Waals surface area contributed by atoms with E-state index in [1.165, 1.54) is 0 Å². The Morgan fingerprint density at radius 1 is 1.27 bits per heavy atom.